The Hall–Kier alpha value is -1.94. The van der Waals surface area contributed by atoms with E-state index in [1.165, 1.54) is 18.2 Å². The Labute approximate surface area is 111 Å². The molecular formula is C15H16F2N2. The molecule has 0 heterocycles. The largest absolute Gasteiger partial charge is 0.344 e. The summed E-state index contributed by atoms with van der Waals surface area (Å²) in [7, 11) is 1.76. The number of nitrogens with zero attached hydrogens (tertiary/aromatic N) is 1. The van der Waals surface area contributed by atoms with Gasteiger partial charge in [-0.15, -0.1) is 0 Å². The van der Waals surface area contributed by atoms with Crippen LogP contribution in [0.1, 0.15) is 18.5 Å². The van der Waals surface area contributed by atoms with Crippen LogP contribution in [0.4, 0.5) is 20.2 Å². The van der Waals surface area contributed by atoms with Crippen molar-refractivity contribution in [1.29, 1.82) is 0 Å². The second kappa shape index (κ2) is 5.36. The predicted octanol–water partition coefficient (Wildman–Crippen LogP) is 3.75. The summed E-state index contributed by atoms with van der Waals surface area (Å²) in [4.78, 5) is 1.73. The molecule has 100 valence electrons. The summed E-state index contributed by atoms with van der Waals surface area (Å²) in [5.74, 6) is -0.682. The van der Waals surface area contributed by atoms with E-state index < -0.39 is 6.04 Å². The Morgan fingerprint density at radius 2 is 1.79 bits per heavy atom. The summed E-state index contributed by atoms with van der Waals surface area (Å²) in [5, 5.41) is 0. The molecule has 0 aliphatic heterocycles. The van der Waals surface area contributed by atoms with Crippen molar-refractivity contribution < 1.29 is 8.78 Å². The second-order valence-corrected chi connectivity index (χ2v) is 4.50. The number of rotatable bonds is 3. The SMILES string of the molecule is C[C@@H](N)c1c(F)cccc1N(C)c1cccc(F)c1. The molecule has 2 aromatic rings. The number of anilines is 2. The number of hydrogen-bond acceptors (Lipinski definition) is 2. The maximum atomic E-state index is 13.9. The molecule has 1 atom stereocenters. The molecule has 2 aromatic carbocycles. The van der Waals surface area contributed by atoms with Crippen LogP contribution in [0.25, 0.3) is 0 Å². The van der Waals surface area contributed by atoms with Gasteiger partial charge in [-0.1, -0.05) is 12.1 Å². The first kappa shape index (κ1) is 13.5. The first-order valence-electron chi connectivity index (χ1n) is 6.04. The highest BCUT2D eigenvalue weighted by molar-refractivity contribution is 5.66. The highest BCUT2D eigenvalue weighted by atomic mass is 19.1. The normalized spacial score (nSPS) is 12.3. The van der Waals surface area contributed by atoms with Crippen molar-refractivity contribution in [3.05, 3.63) is 59.7 Å². The summed E-state index contributed by atoms with van der Waals surface area (Å²) < 4.78 is 27.1. The van der Waals surface area contributed by atoms with Crippen molar-refractivity contribution >= 4 is 11.4 Å². The van der Waals surface area contributed by atoms with Gasteiger partial charge in [0, 0.05) is 30.0 Å². The van der Waals surface area contributed by atoms with E-state index in [0.717, 1.165) is 0 Å². The van der Waals surface area contributed by atoms with Gasteiger partial charge in [0.1, 0.15) is 11.6 Å². The average Bonchev–Trinajstić information content (AvgIpc) is 2.37. The summed E-state index contributed by atoms with van der Waals surface area (Å²) in [5.41, 5.74) is 7.53. The van der Waals surface area contributed by atoms with E-state index >= 15 is 0 Å². The zero-order chi connectivity index (χ0) is 14.0. The molecule has 0 radical (unpaired) electrons. The summed E-state index contributed by atoms with van der Waals surface area (Å²) in [6, 6.07) is 10.5. The lowest BCUT2D eigenvalue weighted by Crippen LogP contribution is -2.17. The van der Waals surface area contributed by atoms with Crippen LogP contribution in [0.15, 0.2) is 42.5 Å². The van der Waals surface area contributed by atoms with E-state index in [2.05, 4.69) is 0 Å². The maximum Gasteiger partial charge on any atom is 0.130 e. The summed E-state index contributed by atoms with van der Waals surface area (Å²) in [6.45, 7) is 1.72. The lowest BCUT2D eigenvalue weighted by atomic mass is 10.0. The molecule has 19 heavy (non-hydrogen) atoms. The van der Waals surface area contributed by atoms with E-state index in [-0.39, 0.29) is 11.6 Å². The molecule has 4 heteroatoms. The van der Waals surface area contributed by atoms with Crippen LogP contribution >= 0.6 is 0 Å². The maximum absolute atomic E-state index is 13.9. The topological polar surface area (TPSA) is 29.3 Å². The molecule has 0 amide bonds. The van der Waals surface area contributed by atoms with Crippen molar-refractivity contribution in [3.8, 4) is 0 Å². The smallest absolute Gasteiger partial charge is 0.130 e. The molecule has 2 N–H and O–H groups in total. The Morgan fingerprint density at radius 3 is 2.42 bits per heavy atom. The van der Waals surface area contributed by atoms with Gasteiger partial charge in [-0.25, -0.2) is 8.78 Å². The predicted molar refractivity (Wildman–Crippen MR) is 73.5 cm³/mol. The van der Waals surface area contributed by atoms with Gasteiger partial charge in [-0.3, -0.25) is 0 Å². The minimum Gasteiger partial charge on any atom is -0.344 e. The van der Waals surface area contributed by atoms with Crippen molar-refractivity contribution in [2.45, 2.75) is 13.0 Å². The first-order valence-corrected chi connectivity index (χ1v) is 6.04. The third kappa shape index (κ3) is 2.74. The minimum atomic E-state index is -0.438. The van der Waals surface area contributed by atoms with Crippen molar-refractivity contribution in [3.63, 3.8) is 0 Å². The molecule has 0 fully saturated rings. The van der Waals surface area contributed by atoms with Crippen LogP contribution in [-0.4, -0.2) is 7.05 Å². The lowest BCUT2D eigenvalue weighted by molar-refractivity contribution is 0.594. The monoisotopic (exact) mass is 262 g/mol. The zero-order valence-electron chi connectivity index (χ0n) is 10.9. The van der Waals surface area contributed by atoms with Crippen LogP contribution < -0.4 is 10.6 Å². The molecular weight excluding hydrogens is 246 g/mol. The van der Waals surface area contributed by atoms with Crippen LogP contribution in [0.3, 0.4) is 0 Å². The third-order valence-corrected chi connectivity index (χ3v) is 3.04. The number of hydrogen-bond donors (Lipinski definition) is 1. The van der Waals surface area contributed by atoms with E-state index in [9.17, 15) is 8.78 Å². The van der Waals surface area contributed by atoms with Gasteiger partial charge >= 0.3 is 0 Å². The van der Waals surface area contributed by atoms with Crippen LogP contribution in [0.2, 0.25) is 0 Å². The fourth-order valence-corrected chi connectivity index (χ4v) is 2.09. The molecule has 2 nitrogen and oxygen atoms in total. The average molecular weight is 262 g/mol. The second-order valence-electron chi connectivity index (χ2n) is 4.50. The zero-order valence-corrected chi connectivity index (χ0v) is 10.9. The van der Waals surface area contributed by atoms with E-state index in [4.69, 9.17) is 5.73 Å². The molecule has 0 spiro atoms. The van der Waals surface area contributed by atoms with Gasteiger partial charge < -0.3 is 10.6 Å². The highest BCUT2D eigenvalue weighted by Gasteiger charge is 2.16. The number of benzene rings is 2. The summed E-state index contributed by atoms with van der Waals surface area (Å²) in [6.07, 6.45) is 0. The quantitative estimate of drug-likeness (QED) is 0.912. The molecule has 0 saturated carbocycles. The number of halogens is 2. The van der Waals surface area contributed by atoms with Gasteiger partial charge in [0.25, 0.3) is 0 Å². The van der Waals surface area contributed by atoms with Crippen molar-refractivity contribution in [2.75, 3.05) is 11.9 Å². The minimum absolute atomic E-state index is 0.330. The standard InChI is InChI=1S/C15H16F2N2/c1-10(18)15-13(17)7-4-8-14(15)19(2)12-6-3-5-11(16)9-12/h3-10H,18H2,1-2H3/t10-/m1/s1. The molecule has 2 rings (SSSR count). The molecule has 0 saturated heterocycles. The molecule has 0 aliphatic carbocycles. The Kier molecular flexibility index (Phi) is 3.81. The van der Waals surface area contributed by atoms with Crippen molar-refractivity contribution in [2.24, 2.45) is 5.73 Å². The van der Waals surface area contributed by atoms with Crippen LogP contribution in [0.5, 0.6) is 0 Å². The van der Waals surface area contributed by atoms with Gasteiger partial charge in [0.2, 0.25) is 0 Å². The Bertz CT molecular complexity index is 582. The van der Waals surface area contributed by atoms with Gasteiger partial charge in [0.15, 0.2) is 0 Å². The van der Waals surface area contributed by atoms with E-state index in [1.54, 1.807) is 43.1 Å². The Balaban J connectivity index is 2.50. The Morgan fingerprint density at radius 1 is 1.11 bits per heavy atom. The van der Waals surface area contributed by atoms with Gasteiger partial charge in [-0.2, -0.15) is 0 Å². The molecule has 0 aliphatic rings. The van der Waals surface area contributed by atoms with Gasteiger partial charge in [-0.05, 0) is 37.3 Å². The van der Waals surface area contributed by atoms with Gasteiger partial charge in [0.05, 0.1) is 0 Å². The van der Waals surface area contributed by atoms with Crippen molar-refractivity contribution in [1.82, 2.24) is 0 Å². The molecule has 0 bridgehead atoms. The fraction of sp³-hybridized carbons (Fsp3) is 0.200. The van der Waals surface area contributed by atoms with E-state index in [1.807, 2.05) is 0 Å². The highest BCUT2D eigenvalue weighted by Crippen LogP contribution is 2.31. The van der Waals surface area contributed by atoms with Crippen LogP contribution in [0, 0.1) is 11.6 Å². The first-order chi connectivity index (χ1) is 9.00. The molecule has 0 unspecified atom stereocenters. The number of nitrogens with two attached hydrogens (primary N) is 1. The lowest BCUT2D eigenvalue weighted by Gasteiger charge is -2.24. The van der Waals surface area contributed by atoms with Crippen LogP contribution in [-0.2, 0) is 0 Å². The molecule has 0 aromatic heterocycles. The fourth-order valence-electron chi connectivity index (χ4n) is 2.09. The van der Waals surface area contributed by atoms with E-state index in [0.29, 0.717) is 16.9 Å². The third-order valence-electron chi connectivity index (χ3n) is 3.04. The summed E-state index contributed by atoms with van der Waals surface area (Å²) >= 11 is 0.